The van der Waals surface area contributed by atoms with Crippen LogP contribution in [0.2, 0.25) is 0 Å². The van der Waals surface area contributed by atoms with E-state index in [1.807, 2.05) is 7.05 Å². The Hall–Kier alpha value is -0.730. The van der Waals surface area contributed by atoms with Crippen LogP contribution in [0.15, 0.2) is 24.3 Å². The first-order valence-corrected chi connectivity index (χ1v) is 10.6. The summed E-state index contributed by atoms with van der Waals surface area (Å²) in [4.78, 5) is 2.68. The number of hydrogen-bond acceptors (Lipinski definition) is 5. The summed E-state index contributed by atoms with van der Waals surface area (Å²) in [5.41, 5.74) is 0.590. The van der Waals surface area contributed by atoms with Crippen molar-refractivity contribution in [3.8, 4) is 0 Å². The van der Waals surface area contributed by atoms with Crippen LogP contribution in [0.25, 0.3) is 0 Å². The van der Waals surface area contributed by atoms with Crippen molar-refractivity contribution in [2.24, 2.45) is 5.41 Å². The topological polar surface area (TPSA) is 36.5 Å². The van der Waals surface area contributed by atoms with Crippen LogP contribution in [0.1, 0.15) is 19.3 Å². The zero-order valence-electron chi connectivity index (χ0n) is 16.4. The van der Waals surface area contributed by atoms with Crippen LogP contribution >= 0.6 is 12.6 Å². The van der Waals surface area contributed by atoms with Crippen molar-refractivity contribution in [1.82, 2.24) is 15.5 Å². The number of likely N-dealkylation sites (tertiary alicyclic amines) is 1. The molecular formula is C20H33F2N3OS. The number of nitrogens with one attached hydrogen (secondary N) is 2. The highest BCUT2D eigenvalue weighted by atomic mass is 32.1. The molecule has 4 rings (SSSR count). The normalized spacial score (nSPS) is 30.4. The fraction of sp³-hybridized carbons (Fsp3) is 0.700. The Kier molecular flexibility index (Phi) is 9.45. The monoisotopic (exact) mass is 401 g/mol. The van der Waals surface area contributed by atoms with Gasteiger partial charge in [-0.05, 0) is 75.3 Å². The van der Waals surface area contributed by atoms with Gasteiger partial charge in [0.15, 0.2) is 0 Å². The second-order valence-electron chi connectivity index (χ2n) is 7.50. The standard InChI is InChI=1S/C13H25N3O.C6H4F2.CH4S/c1-14-11-6-12(8-17-7-11)16-5-3-13(10-16)2-4-15-9-13;7-5-1-2-6(8)4-3-5;1-2/h11-12,14-15H,2-10H2,1H3;1-4H;2H,1H3. The third kappa shape index (κ3) is 6.68. The molecule has 0 amide bonds. The molecule has 3 fully saturated rings. The molecule has 3 atom stereocenters. The molecule has 0 bridgehead atoms. The quantitative estimate of drug-likeness (QED) is 0.666. The van der Waals surface area contributed by atoms with Gasteiger partial charge in [-0.2, -0.15) is 12.6 Å². The molecule has 3 aliphatic rings. The van der Waals surface area contributed by atoms with E-state index in [-0.39, 0.29) is 0 Å². The average Bonchev–Trinajstić information content (AvgIpc) is 3.36. The predicted molar refractivity (Wildman–Crippen MR) is 109 cm³/mol. The van der Waals surface area contributed by atoms with Crippen LogP contribution < -0.4 is 10.6 Å². The molecule has 0 aromatic heterocycles. The first-order chi connectivity index (χ1) is 13.1. The summed E-state index contributed by atoms with van der Waals surface area (Å²) < 4.78 is 29.6. The van der Waals surface area contributed by atoms with Gasteiger partial charge in [-0.15, -0.1) is 0 Å². The van der Waals surface area contributed by atoms with Crippen LogP contribution in [0.4, 0.5) is 8.78 Å². The molecule has 3 aliphatic heterocycles. The van der Waals surface area contributed by atoms with E-state index in [1.54, 1.807) is 6.26 Å². The third-order valence-electron chi connectivity index (χ3n) is 5.71. The molecule has 1 aromatic rings. The van der Waals surface area contributed by atoms with Gasteiger partial charge in [0.1, 0.15) is 11.6 Å². The molecule has 7 heteroatoms. The van der Waals surface area contributed by atoms with Crippen LogP contribution in [-0.4, -0.2) is 69.7 Å². The van der Waals surface area contributed by atoms with E-state index >= 15 is 0 Å². The molecule has 3 saturated heterocycles. The van der Waals surface area contributed by atoms with Crippen molar-refractivity contribution in [1.29, 1.82) is 0 Å². The molecule has 3 unspecified atom stereocenters. The highest BCUT2D eigenvalue weighted by Gasteiger charge is 2.43. The van der Waals surface area contributed by atoms with Crippen LogP contribution in [0.5, 0.6) is 0 Å². The summed E-state index contributed by atoms with van der Waals surface area (Å²) in [6, 6.07) is 5.50. The zero-order valence-corrected chi connectivity index (χ0v) is 17.3. The highest BCUT2D eigenvalue weighted by Crippen LogP contribution is 2.37. The minimum Gasteiger partial charge on any atom is -0.378 e. The van der Waals surface area contributed by atoms with E-state index in [4.69, 9.17) is 4.74 Å². The van der Waals surface area contributed by atoms with E-state index in [0.717, 1.165) is 37.5 Å². The van der Waals surface area contributed by atoms with Gasteiger partial charge in [-0.1, -0.05) is 0 Å². The summed E-state index contributed by atoms with van der Waals surface area (Å²) in [6.07, 6.45) is 5.69. The molecule has 3 heterocycles. The number of likely N-dealkylation sites (N-methyl/N-ethyl adjacent to an activating group) is 1. The molecule has 0 radical (unpaired) electrons. The van der Waals surface area contributed by atoms with Crippen molar-refractivity contribution in [2.75, 3.05) is 52.7 Å². The van der Waals surface area contributed by atoms with Gasteiger partial charge in [-0.25, -0.2) is 8.78 Å². The second-order valence-corrected chi connectivity index (χ2v) is 7.50. The van der Waals surface area contributed by atoms with Gasteiger partial charge in [0.05, 0.1) is 13.2 Å². The number of hydrogen-bond donors (Lipinski definition) is 3. The SMILES string of the molecule is CNC1COCC(N2CCC3(CCNC3)C2)C1.CS.Fc1ccc(F)cc1. The van der Waals surface area contributed by atoms with Gasteiger partial charge in [0, 0.05) is 25.2 Å². The fourth-order valence-corrected chi connectivity index (χ4v) is 4.12. The zero-order chi connectivity index (χ0) is 19.7. The predicted octanol–water partition coefficient (Wildman–Crippen LogP) is 2.56. The van der Waals surface area contributed by atoms with Crippen LogP contribution in [-0.2, 0) is 4.74 Å². The maximum absolute atomic E-state index is 11.9. The first kappa shape index (κ1) is 22.6. The van der Waals surface area contributed by atoms with E-state index in [0.29, 0.717) is 17.5 Å². The maximum Gasteiger partial charge on any atom is 0.123 e. The van der Waals surface area contributed by atoms with Crippen molar-refractivity contribution in [2.45, 2.75) is 31.3 Å². The molecule has 4 nitrogen and oxygen atoms in total. The summed E-state index contributed by atoms with van der Waals surface area (Å²) in [5, 5.41) is 6.88. The highest BCUT2D eigenvalue weighted by molar-refractivity contribution is 7.79. The fourth-order valence-electron chi connectivity index (χ4n) is 4.12. The minimum atomic E-state index is -0.411. The van der Waals surface area contributed by atoms with E-state index < -0.39 is 11.6 Å². The Labute approximate surface area is 167 Å². The second kappa shape index (κ2) is 11.3. The number of benzene rings is 1. The summed E-state index contributed by atoms with van der Waals surface area (Å²) in [7, 11) is 2.04. The van der Waals surface area contributed by atoms with Gasteiger partial charge >= 0.3 is 0 Å². The first-order valence-electron chi connectivity index (χ1n) is 9.66. The number of nitrogens with zero attached hydrogens (tertiary/aromatic N) is 1. The molecule has 1 spiro atoms. The van der Waals surface area contributed by atoms with Crippen molar-refractivity contribution in [3.05, 3.63) is 35.9 Å². The lowest BCUT2D eigenvalue weighted by molar-refractivity contribution is 0.00543. The van der Waals surface area contributed by atoms with E-state index in [1.165, 1.54) is 45.4 Å². The Morgan fingerprint density at radius 1 is 1.15 bits per heavy atom. The van der Waals surface area contributed by atoms with Crippen molar-refractivity contribution < 1.29 is 13.5 Å². The van der Waals surface area contributed by atoms with Crippen molar-refractivity contribution >= 4 is 12.6 Å². The van der Waals surface area contributed by atoms with Crippen molar-refractivity contribution in [3.63, 3.8) is 0 Å². The van der Waals surface area contributed by atoms with Crippen LogP contribution in [0.3, 0.4) is 0 Å². The molecule has 1 aromatic carbocycles. The van der Waals surface area contributed by atoms with Gasteiger partial charge in [0.25, 0.3) is 0 Å². The maximum atomic E-state index is 11.9. The Bertz CT molecular complexity index is 520. The van der Waals surface area contributed by atoms with Gasteiger partial charge < -0.3 is 15.4 Å². The smallest absolute Gasteiger partial charge is 0.123 e. The number of rotatable bonds is 2. The average molecular weight is 402 g/mol. The van der Waals surface area contributed by atoms with E-state index in [2.05, 4.69) is 28.2 Å². The Balaban J connectivity index is 0.000000220. The summed E-state index contributed by atoms with van der Waals surface area (Å²) in [6.45, 7) is 6.81. The molecule has 2 N–H and O–H groups in total. The Morgan fingerprint density at radius 3 is 2.37 bits per heavy atom. The lowest BCUT2D eigenvalue weighted by Crippen LogP contribution is -2.48. The van der Waals surface area contributed by atoms with Gasteiger partial charge in [0.2, 0.25) is 0 Å². The number of ether oxygens (including phenoxy) is 1. The Morgan fingerprint density at radius 2 is 1.81 bits per heavy atom. The molecule has 27 heavy (non-hydrogen) atoms. The van der Waals surface area contributed by atoms with E-state index in [9.17, 15) is 8.78 Å². The largest absolute Gasteiger partial charge is 0.378 e. The minimum absolute atomic E-state index is 0.411. The molecule has 154 valence electrons. The lowest BCUT2D eigenvalue weighted by Gasteiger charge is -2.36. The van der Waals surface area contributed by atoms with Crippen LogP contribution in [0, 0.1) is 17.0 Å². The number of halogens is 2. The summed E-state index contributed by atoms with van der Waals surface area (Å²) in [5.74, 6) is -0.821. The molecular weight excluding hydrogens is 368 g/mol. The third-order valence-corrected chi connectivity index (χ3v) is 5.71. The molecule has 0 aliphatic carbocycles. The lowest BCUT2D eigenvalue weighted by atomic mass is 9.86. The van der Waals surface area contributed by atoms with Gasteiger partial charge in [-0.3, -0.25) is 4.90 Å². The molecule has 0 saturated carbocycles. The number of thiol groups is 1. The summed E-state index contributed by atoms with van der Waals surface area (Å²) >= 11 is 3.53.